The van der Waals surface area contributed by atoms with Crippen LogP contribution in [0.2, 0.25) is 0 Å². The number of ether oxygens (including phenoxy) is 1. The summed E-state index contributed by atoms with van der Waals surface area (Å²) < 4.78 is 5.61. The van der Waals surface area contributed by atoms with Gasteiger partial charge in [-0.2, -0.15) is 0 Å². The largest absolute Gasteiger partial charge is 0.478 e. The number of amides is 1. The topological polar surface area (TPSA) is 49.8 Å². The molecule has 0 saturated carbocycles. The fraction of sp³-hybridized carbons (Fsp3) is 0.417. The highest BCUT2D eigenvalue weighted by atomic mass is 16.5. The second-order valence-electron chi connectivity index (χ2n) is 3.84. The molecule has 1 aromatic carbocycles. The highest BCUT2D eigenvalue weighted by Crippen LogP contribution is 2.33. The molecular weight excluding hydrogens is 206 g/mol. The summed E-state index contributed by atoms with van der Waals surface area (Å²) in [6, 6.07) is 7.46. The maximum Gasteiger partial charge on any atom is 0.267 e. The summed E-state index contributed by atoms with van der Waals surface area (Å²) >= 11 is 0. The molecule has 1 aliphatic heterocycles. The van der Waals surface area contributed by atoms with Crippen LogP contribution in [0, 0.1) is 0 Å². The first-order valence-electron chi connectivity index (χ1n) is 5.38. The Bertz CT molecular complexity index is 392. The summed E-state index contributed by atoms with van der Waals surface area (Å²) in [7, 11) is 1.75. The van der Waals surface area contributed by atoms with Crippen LogP contribution in [0.15, 0.2) is 24.3 Å². The summed E-state index contributed by atoms with van der Waals surface area (Å²) in [6.45, 7) is 0.0818. The second kappa shape index (κ2) is 4.53. The van der Waals surface area contributed by atoms with Crippen molar-refractivity contribution in [2.24, 2.45) is 0 Å². The molecule has 1 aromatic rings. The molecule has 86 valence electrons. The van der Waals surface area contributed by atoms with Crippen LogP contribution in [0.25, 0.3) is 0 Å². The zero-order valence-electron chi connectivity index (χ0n) is 9.22. The van der Waals surface area contributed by atoms with Crippen molar-refractivity contribution >= 4 is 11.6 Å². The highest BCUT2D eigenvalue weighted by molar-refractivity contribution is 5.99. The first-order chi connectivity index (χ1) is 7.74. The van der Waals surface area contributed by atoms with Crippen LogP contribution in [0.1, 0.15) is 12.8 Å². The molecule has 4 heteroatoms. The molecule has 0 spiro atoms. The number of nitrogens with zero attached hydrogens (tertiary/aromatic N) is 1. The Morgan fingerprint density at radius 2 is 2.19 bits per heavy atom. The molecular formula is C12H15NO3. The maximum absolute atomic E-state index is 11.9. The lowest BCUT2D eigenvalue weighted by Crippen LogP contribution is -2.43. The van der Waals surface area contributed by atoms with E-state index in [0.29, 0.717) is 12.8 Å². The lowest BCUT2D eigenvalue weighted by Gasteiger charge is -2.31. The van der Waals surface area contributed by atoms with Crippen LogP contribution < -0.4 is 9.64 Å². The number of hydrogen-bond donors (Lipinski definition) is 1. The number of aliphatic hydroxyl groups excluding tert-OH is 1. The number of carbonyl (C=O) groups is 1. The summed E-state index contributed by atoms with van der Waals surface area (Å²) in [5, 5.41) is 8.76. The van der Waals surface area contributed by atoms with Crippen molar-refractivity contribution in [3.05, 3.63) is 24.3 Å². The van der Waals surface area contributed by atoms with Crippen molar-refractivity contribution in [3.63, 3.8) is 0 Å². The van der Waals surface area contributed by atoms with Crippen LogP contribution >= 0.6 is 0 Å². The van der Waals surface area contributed by atoms with E-state index in [1.807, 2.05) is 24.3 Å². The van der Waals surface area contributed by atoms with Crippen molar-refractivity contribution < 1.29 is 14.6 Å². The third kappa shape index (κ3) is 1.88. The number of fused-ring (bicyclic) bond motifs is 1. The summed E-state index contributed by atoms with van der Waals surface area (Å²) in [5.41, 5.74) is 0.799. The van der Waals surface area contributed by atoms with Gasteiger partial charge in [0.25, 0.3) is 5.91 Å². The predicted molar refractivity (Wildman–Crippen MR) is 60.6 cm³/mol. The van der Waals surface area contributed by atoms with E-state index in [4.69, 9.17) is 9.84 Å². The second-order valence-corrected chi connectivity index (χ2v) is 3.84. The van der Waals surface area contributed by atoms with Gasteiger partial charge in [0.1, 0.15) is 5.75 Å². The average Bonchev–Trinajstić information content (AvgIpc) is 2.32. The molecule has 1 atom stereocenters. The first kappa shape index (κ1) is 11.0. The number of carbonyl (C=O) groups excluding carboxylic acids is 1. The number of para-hydroxylation sites is 2. The molecule has 16 heavy (non-hydrogen) atoms. The molecule has 0 aliphatic carbocycles. The molecule has 1 N–H and O–H groups in total. The minimum atomic E-state index is -0.466. The third-order valence-corrected chi connectivity index (χ3v) is 2.73. The van der Waals surface area contributed by atoms with Crippen LogP contribution in [0.5, 0.6) is 5.75 Å². The van der Waals surface area contributed by atoms with E-state index in [1.54, 1.807) is 11.9 Å². The van der Waals surface area contributed by atoms with Crippen molar-refractivity contribution in [1.29, 1.82) is 0 Å². The van der Waals surface area contributed by atoms with E-state index in [2.05, 4.69) is 0 Å². The Hall–Kier alpha value is -1.55. The minimum absolute atomic E-state index is 0.0489. The van der Waals surface area contributed by atoms with E-state index < -0.39 is 6.10 Å². The van der Waals surface area contributed by atoms with E-state index in [9.17, 15) is 4.79 Å². The zero-order valence-corrected chi connectivity index (χ0v) is 9.22. The van der Waals surface area contributed by atoms with Crippen LogP contribution in [0.3, 0.4) is 0 Å². The Kier molecular flexibility index (Phi) is 3.10. The minimum Gasteiger partial charge on any atom is -0.478 e. The molecule has 1 amide bonds. The Labute approximate surface area is 94.4 Å². The Balaban J connectivity index is 2.21. The van der Waals surface area contributed by atoms with Crippen LogP contribution in [0.4, 0.5) is 5.69 Å². The summed E-state index contributed by atoms with van der Waals surface area (Å²) in [5.74, 6) is 0.680. The molecule has 0 bridgehead atoms. The SMILES string of the molecule is CN1C(=O)C(CCCO)Oc2ccccc21. The monoisotopic (exact) mass is 221 g/mol. The van der Waals surface area contributed by atoms with E-state index in [-0.39, 0.29) is 12.5 Å². The Morgan fingerprint density at radius 3 is 2.94 bits per heavy atom. The number of benzene rings is 1. The van der Waals surface area contributed by atoms with Crippen molar-refractivity contribution in [3.8, 4) is 5.75 Å². The lowest BCUT2D eigenvalue weighted by molar-refractivity contribution is -0.126. The standard InChI is InChI=1S/C12H15NO3/c1-13-9-5-2-3-6-10(9)16-11(12(13)15)7-4-8-14/h2-3,5-6,11,14H,4,7-8H2,1H3. The highest BCUT2D eigenvalue weighted by Gasteiger charge is 2.31. The normalized spacial score (nSPS) is 19.2. The zero-order chi connectivity index (χ0) is 11.5. The smallest absolute Gasteiger partial charge is 0.267 e. The van der Waals surface area contributed by atoms with E-state index >= 15 is 0 Å². The lowest BCUT2D eigenvalue weighted by atomic mass is 10.1. The fourth-order valence-electron chi connectivity index (χ4n) is 1.83. The summed E-state index contributed by atoms with van der Waals surface area (Å²) in [6.07, 6.45) is 0.660. The van der Waals surface area contributed by atoms with Gasteiger partial charge in [-0.15, -0.1) is 0 Å². The van der Waals surface area contributed by atoms with Crippen LogP contribution in [-0.4, -0.2) is 30.8 Å². The van der Waals surface area contributed by atoms with Gasteiger partial charge in [-0.1, -0.05) is 12.1 Å². The molecule has 4 nitrogen and oxygen atoms in total. The number of likely N-dealkylation sites (N-methyl/N-ethyl adjacent to an activating group) is 1. The van der Waals surface area contributed by atoms with Gasteiger partial charge in [0, 0.05) is 13.7 Å². The molecule has 0 saturated heterocycles. The van der Waals surface area contributed by atoms with Crippen LogP contribution in [-0.2, 0) is 4.79 Å². The van der Waals surface area contributed by atoms with Gasteiger partial charge < -0.3 is 14.7 Å². The van der Waals surface area contributed by atoms with Crippen molar-refractivity contribution in [1.82, 2.24) is 0 Å². The fourth-order valence-corrected chi connectivity index (χ4v) is 1.83. The quantitative estimate of drug-likeness (QED) is 0.834. The third-order valence-electron chi connectivity index (χ3n) is 2.73. The number of aliphatic hydroxyl groups is 1. The van der Waals surface area contributed by atoms with Gasteiger partial charge in [0.15, 0.2) is 6.10 Å². The van der Waals surface area contributed by atoms with Gasteiger partial charge in [0.05, 0.1) is 5.69 Å². The number of rotatable bonds is 3. The van der Waals surface area contributed by atoms with E-state index in [0.717, 1.165) is 11.4 Å². The average molecular weight is 221 g/mol. The van der Waals surface area contributed by atoms with Gasteiger partial charge in [-0.3, -0.25) is 4.79 Å². The van der Waals surface area contributed by atoms with Crippen molar-refractivity contribution in [2.75, 3.05) is 18.6 Å². The van der Waals surface area contributed by atoms with Gasteiger partial charge in [-0.25, -0.2) is 0 Å². The number of anilines is 1. The van der Waals surface area contributed by atoms with Gasteiger partial charge in [0.2, 0.25) is 0 Å². The maximum atomic E-state index is 11.9. The predicted octanol–water partition coefficient (Wildman–Crippen LogP) is 1.18. The molecule has 0 fully saturated rings. The van der Waals surface area contributed by atoms with Gasteiger partial charge in [-0.05, 0) is 25.0 Å². The molecule has 1 aliphatic rings. The molecule has 0 aromatic heterocycles. The molecule has 2 rings (SSSR count). The Morgan fingerprint density at radius 1 is 1.44 bits per heavy atom. The first-order valence-corrected chi connectivity index (χ1v) is 5.38. The van der Waals surface area contributed by atoms with Crippen molar-refractivity contribution in [2.45, 2.75) is 18.9 Å². The molecule has 1 heterocycles. The molecule has 1 unspecified atom stereocenters. The number of hydrogen-bond acceptors (Lipinski definition) is 3. The summed E-state index contributed by atoms with van der Waals surface area (Å²) in [4.78, 5) is 13.5. The van der Waals surface area contributed by atoms with E-state index in [1.165, 1.54) is 0 Å². The van der Waals surface area contributed by atoms with Gasteiger partial charge >= 0.3 is 0 Å². The molecule has 0 radical (unpaired) electrons.